The minimum Gasteiger partial charge on any atom is -0.490 e. The second-order valence-corrected chi connectivity index (χ2v) is 7.81. The quantitative estimate of drug-likeness (QED) is 0.480. The number of carbonyl (C=O) groups excluding carboxylic acids is 3. The van der Waals surface area contributed by atoms with Crippen molar-refractivity contribution >= 4 is 41.2 Å². The van der Waals surface area contributed by atoms with E-state index in [0.29, 0.717) is 29.4 Å². The molecule has 4 amide bonds. The maximum atomic E-state index is 13.1. The molecule has 0 spiro atoms. The van der Waals surface area contributed by atoms with Crippen LogP contribution in [0.5, 0.6) is 11.5 Å². The highest BCUT2D eigenvalue weighted by Crippen LogP contribution is 2.38. The van der Waals surface area contributed by atoms with Crippen LogP contribution in [0, 0.1) is 0 Å². The van der Waals surface area contributed by atoms with Crippen LogP contribution in [0.1, 0.15) is 38.8 Å². The summed E-state index contributed by atoms with van der Waals surface area (Å²) in [4.78, 5) is 38.9. The van der Waals surface area contributed by atoms with Crippen molar-refractivity contribution in [3.63, 3.8) is 0 Å². The van der Waals surface area contributed by atoms with Gasteiger partial charge in [0.2, 0.25) is 0 Å². The van der Waals surface area contributed by atoms with Crippen molar-refractivity contribution in [2.45, 2.75) is 40.2 Å². The largest absolute Gasteiger partial charge is 0.490 e. The van der Waals surface area contributed by atoms with Gasteiger partial charge in [0, 0.05) is 0 Å². The number of imide groups is 2. The van der Waals surface area contributed by atoms with Crippen LogP contribution in [0.15, 0.2) is 42.0 Å². The second-order valence-electron chi connectivity index (χ2n) is 7.41. The molecule has 32 heavy (non-hydrogen) atoms. The lowest BCUT2D eigenvalue weighted by atomic mass is 10.1. The zero-order chi connectivity index (χ0) is 23.4. The van der Waals surface area contributed by atoms with E-state index in [4.69, 9.17) is 21.1 Å². The number of nitrogens with one attached hydrogen (secondary N) is 1. The number of nitrogens with zero attached hydrogens (tertiary/aromatic N) is 1. The highest BCUT2D eigenvalue weighted by molar-refractivity contribution is 6.39. The van der Waals surface area contributed by atoms with E-state index >= 15 is 0 Å². The van der Waals surface area contributed by atoms with Crippen molar-refractivity contribution in [1.82, 2.24) is 5.32 Å². The average molecular weight is 457 g/mol. The van der Waals surface area contributed by atoms with Crippen molar-refractivity contribution in [2.24, 2.45) is 0 Å². The molecule has 0 unspecified atom stereocenters. The normalized spacial score (nSPS) is 15.4. The van der Waals surface area contributed by atoms with E-state index in [9.17, 15) is 14.4 Å². The van der Waals surface area contributed by atoms with Crippen LogP contribution in [0.2, 0.25) is 5.02 Å². The van der Waals surface area contributed by atoms with Gasteiger partial charge in [0.1, 0.15) is 5.57 Å². The molecule has 0 radical (unpaired) electrons. The van der Waals surface area contributed by atoms with Gasteiger partial charge in [0.15, 0.2) is 11.5 Å². The summed E-state index contributed by atoms with van der Waals surface area (Å²) >= 11 is 6.40. The predicted molar refractivity (Wildman–Crippen MR) is 123 cm³/mol. The molecule has 3 rings (SSSR count). The predicted octanol–water partition coefficient (Wildman–Crippen LogP) is 4.75. The standard InChI is InChI=1S/C24H25ClN2O5/c1-5-15-7-9-17(10-8-15)27-23(29)18(22(28)26-24(27)30)11-16-12-19(25)21(32-14(3)4)20(13-16)31-6-2/h7-14H,5-6H2,1-4H3,(H,26,28,30)/b18-11+. The maximum Gasteiger partial charge on any atom is 0.335 e. The van der Waals surface area contributed by atoms with E-state index < -0.39 is 17.8 Å². The van der Waals surface area contributed by atoms with Crippen molar-refractivity contribution in [3.8, 4) is 11.5 Å². The number of halogens is 1. The molecule has 168 valence electrons. The van der Waals surface area contributed by atoms with E-state index in [1.807, 2.05) is 39.8 Å². The zero-order valence-electron chi connectivity index (χ0n) is 18.4. The van der Waals surface area contributed by atoms with Crippen LogP contribution in [0.3, 0.4) is 0 Å². The fourth-order valence-corrected chi connectivity index (χ4v) is 3.49. The lowest BCUT2D eigenvalue weighted by molar-refractivity contribution is -0.122. The van der Waals surface area contributed by atoms with E-state index in [0.717, 1.165) is 16.9 Å². The molecule has 2 aromatic carbocycles. The number of hydrogen-bond donors (Lipinski definition) is 1. The van der Waals surface area contributed by atoms with Gasteiger partial charge in [0.25, 0.3) is 11.8 Å². The van der Waals surface area contributed by atoms with Gasteiger partial charge < -0.3 is 9.47 Å². The Morgan fingerprint density at radius 2 is 1.78 bits per heavy atom. The van der Waals surface area contributed by atoms with Crippen molar-refractivity contribution in [1.29, 1.82) is 0 Å². The van der Waals surface area contributed by atoms with Gasteiger partial charge in [-0.1, -0.05) is 30.7 Å². The first-order chi connectivity index (χ1) is 15.2. The van der Waals surface area contributed by atoms with Crippen molar-refractivity contribution in [3.05, 3.63) is 58.1 Å². The van der Waals surface area contributed by atoms with Crippen LogP contribution >= 0.6 is 11.6 Å². The average Bonchev–Trinajstić information content (AvgIpc) is 2.74. The summed E-state index contributed by atoms with van der Waals surface area (Å²) in [6.07, 6.45) is 2.08. The molecular formula is C24H25ClN2O5. The van der Waals surface area contributed by atoms with Gasteiger partial charge in [-0.05, 0) is 68.7 Å². The lowest BCUT2D eigenvalue weighted by Crippen LogP contribution is -2.54. The molecule has 8 heteroatoms. The number of rotatable bonds is 7. The Morgan fingerprint density at radius 1 is 1.09 bits per heavy atom. The number of urea groups is 1. The molecular weight excluding hydrogens is 432 g/mol. The van der Waals surface area contributed by atoms with Crippen LogP contribution in [-0.2, 0) is 16.0 Å². The van der Waals surface area contributed by atoms with E-state index in [1.165, 1.54) is 6.08 Å². The SMILES string of the molecule is CCOc1cc(/C=C2\C(=O)NC(=O)N(c3ccc(CC)cc3)C2=O)cc(Cl)c1OC(C)C. The minimum atomic E-state index is -0.796. The maximum absolute atomic E-state index is 13.1. The molecule has 1 heterocycles. The molecule has 7 nitrogen and oxygen atoms in total. The zero-order valence-corrected chi connectivity index (χ0v) is 19.2. The molecule has 1 saturated heterocycles. The first-order valence-corrected chi connectivity index (χ1v) is 10.8. The fourth-order valence-electron chi connectivity index (χ4n) is 3.22. The molecule has 1 aliphatic rings. The highest BCUT2D eigenvalue weighted by atomic mass is 35.5. The first kappa shape index (κ1) is 23.3. The summed E-state index contributed by atoms with van der Waals surface area (Å²) in [6.45, 7) is 7.94. The third kappa shape index (κ3) is 4.94. The van der Waals surface area contributed by atoms with E-state index in [1.54, 1.807) is 24.3 Å². The van der Waals surface area contributed by atoms with E-state index in [2.05, 4.69) is 5.32 Å². The summed E-state index contributed by atoms with van der Waals surface area (Å²) in [5, 5.41) is 2.50. The molecule has 0 aromatic heterocycles. The van der Waals surface area contributed by atoms with Crippen molar-refractivity contribution < 1.29 is 23.9 Å². The number of barbiturate groups is 1. The summed E-state index contributed by atoms with van der Waals surface area (Å²) in [5.74, 6) is -0.720. The Balaban J connectivity index is 2.01. The third-order valence-electron chi connectivity index (χ3n) is 4.70. The number of benzene rings is 2. The number of ether oxygens (including phenoxy) is 2. The summed E-state index contributed by atoms with van der Waals surface area (Å²) in [5.41, 5.74) is 1.70. The molecule has 0 atom stereocenters. The molecule has 0 saturated carbocycles. The summed E-state index contributed by atoms with van der Waals surface area (Å²) in [7, 11) is 0. The fraction of sp³-hybridized carbons (Fsp3) is 0.292. The van der Waals surface area contributed by atoms with Gasteiger partial charge in [-0.15, -0.1) is 0 Å². The smallest absolute Gasteiger partial charge is 0.335 e. The molecule has 1 aliphatic heterocycles. The third-order valence-corrected chi connectivity index (χ3v) is 4.98. The Morgan fingerprint density at radius 3 is 2.38 bits per heavy atom. The molecule has 1 fully saturated rings. The molecule has 1 N–H and O–H groups in total. The topological polar surface area (TPSA) is 84.9 Å². The van der Waals surface area contributed by atoms with Gasteiger partial charge in [0.05, 0.1) is 23.4 Å². The monoisotopic (exact) mass is 456 g/mol. The van der Waals surface area contributed by atoms with Crippen LogP contribution in [0.25, 0.3) is 6.08 Å². The van der Waals surface area contributed by atoms with Crippen LogP contribution < -0.4 is 19.7 Å². The molecule has 2 aromatic rings. The summed E-state index contributed by atoms with van der Waals surface area (Å²) < 4.78 is 11.4. The minimum absolute atomic E-state index is 0.125. The van der Waals surface area contributed by atoms with E-state index in [-0.39, 0.29) is 16.7 Å². The first-order valence-electron chi connectivity index (χ1n) is 10.4. The number of carbonyl (C=O) groups is 3. The van der Waals surface area contributed by atoms with Crippen LogP contribution in [0.4, 0.5) is 10.5 Å². The Labute approximate surface area is 191 Å². The Bertz CT molecular complexity index is 1080. The highest BCUT2D eigenvalue weighted by Gasteiger charge is 2.36. The number of amides is 4. The molecule has 0 bridgehead atoms. The summed E-state index contributed by atoms with van der Waals surface area (Å²) in [6, 6.07) is 9.42. The van der Waals surface area contributed by atoms with Gasteiger partial charge >= 0.3 is 6.03 Å². The Kier molecular flexibility index (Phi) is 7.20. The van der Waals surface area contributed by atoms with Crippen LogP contribution in [-0.4, -0.2) is 30.6 Å². The van der Waals surface area contributed by atoms with Gasteiger partial charge in [-0.2, -0.15) is 0 Å². The lowest BCUT2D eigenvalue weighted by Gasteiger charge is -2.26. The number of anilines is 1. The second kappa shape index (κ2) is 9.87. The van der Waals surface area contributed by atoms with Crippen molar-refractivity contribution in [2.75, 3.05) is 11.5 Å². The number of aryl methyl sites for hydroxylation is 1. The Hall–Kier alpha value is -3.32. The van der Waals surface area contributed by atoms with Gasteiger partial charge in [-0.25, -0.2) is 9.69 Å². The number of hydrogen-bond acceptors (Lipinski definition) is 5. The molecule has 0 aliphatic carbocycles. The van der Waals surface area contributed by atoms with Gasteiger partial charge in [-0.3, -0.25) is 14.9 Å².